The molecule has 1 heterocycles. The van der Waals surface area contributed by atoms with E-state index >= 15 is 0 Å². The van der Waals surface area contributed by atoms with Crippen LogP contribution in [0.3, 0.4) is 0 Å². The molecule has 32 heavy (non-hydrogen) atoms. The Morgan fingerprint density at radius 3 is 1.97 bits per heavy atom. The van der Waals surface area contributed by atoms with Gasteiger partial charge in [0, 0.05) is 30.0 Å². The van der Waals surface area contributed by atoms with Crippen molar-refractivity contribution in [3.63, 3.8) is 0 Å². The van der Waals surface area contributed by atoms with E-state index in [2.05, 4.69) is 21.3 Å². The summed E-state index contributed by atoms with van der Waals surface area (Å²) in [5, 5.41) is 10.8. The number of benzene rings is 2. The van der Waals surface area contributed by atoms with Crippen LogP contribution in [0.5, 0.6) is 5.75 Å². The molecule has 166 valence electrons. The predicted octanol–water partition coefficient (Wildman–Crippen LogP) is 3.48. The molecule has 0 unspecified atom stereocenters. The van der Waals surface area contributed by atoms with Crippen LogP contribution in [0.4, 0.5) is 16.2 Å². The summed E-state index contributed by atoms with van der Waals surface area (Å²) in [5.74, 6) is 0.309. The van der Waals surface area contributed by atoms with Gasteiger partial charge in [0.1, 0.15) is 5.75 Å². The third kappa shape index (κ3) is 6.63. The first-order valence-electron chi connectivity index (χ1n) is 10.1. The van der Waals surface area contributed by atoms with E-state index in [1.165, 1.54) is 6.26 Å². The zero-order chi connectivity index (χ0) is 22.8. The third-order valence-electron chi connectivity index (χ3n) is 4.27. The molecule has 0 radical (unpaired) electrons. The molecular formula is C23H24N4O5. The van der Waals surface area contributed by atoms with Crippen molar-refractivity contribution >= 4 is 29.2 Å². The van der Waals surface area contributed by atoms with Gasteiger partial charge in [0.2, 0.25) is 0 Å². The van der Waals surface area contributed by atoms with Gasteiger partial charge < -0.3 is 30.4 Å². The summed E-state index contributed by atoms with van der Waals surface area (Å²) in [4.78, 5) is 36.1. The first-order chi connectivity index (χ1) is 15.5. The summed E-state index contributed by atoms with van der Waals surface area (Å²) in [6.45, 7) is 2.99. The summed E-state index contributed by atoms with van der Waals surface area (Å²) < 4.78 is 10.4. The molecule has 0 saturated heterocycles. The lowest BCUT2D eigenvalue weighted by Crippen LogP contribution is -2.34. The number of hydrogen-bond donors (Lipinski definition) is 4. The van der Waals surface area contributed by atoms with E-state index in [9.17, 15) is 14.4 Å². The van der Waals surface area contributed by atoms with E-state index < -0.39 is 6.03 Å². The minimum absolute atomic E-state index is 0.214. The van der Waals surface area contributed by atoms with E-state index in [0.717, 1.165) is 5.75 Å². The normalized spacial score (nSPS) is 10.2. The number of ether oxygens (including phenoxy) is 1. The highest BCUT2D eigenvalue weighted by molar-refractivity contribution is 6.00. The highest BCUT2D eigenvalue weighted by Gasteiger charge is 2.09. The van der Waals surface area contributed by atoms with E-state index in [1.807, 2.05) is 6.92 Å². The summed E-state index contributed by atoms with van der Waals surface area (Å²) in [6, 6.07) is 16.3. The van der Waals surface area contributed by atoms with Crippen LogP contribution >= 0.6 is 0 Å². The smallest absolute Gasteiger partial charge is 0.323 e. The number of rotatable bonds is 9. The Morgan fingerprint density at radius 2 is 1.41 bits per heavy atom. The molecule has 0 aliphatic carbocycles. The van der Waals surface area contributed by atoms with Crippen LogP contribution in [0.15, 0.2) is 71.3 Å². The van der Waals surface area contributed by atoms with Crippen LogP contribution < -0.4 is 26.0 Å². The molecule has 4 N–H and O–H groups in total. The van der Waals surface area contributed by atoms with E-state index in [4.69, 9.17) is 9.15 Å². The lowest BCUT2D eigenvalue weighted by Gasteiger charge is -2.10. The van der Waals surface area contributed by atoms with Gasteiger partial charge >= 0.3 is 6.03 Å². The van der Waals surface area contributed by atoms with Crippen molar-refractivity contribution in [1.29, 1.82) is 0 Å². The average Bonchev–Trinajstić information content (AvgIpc) is 3.33. The van der Waals surface area contributed by atoms with E-state index in [1.54, 1.807) is 60.7 Å². The lowest BCUT2D eigenvalue weighted by atomic mass is 10.2. The standard InChI is InChI=1S/C23H24N4O5/c1-2-31-19-11-9-18(10-12-19)27-23(30)26-17-7-5-16(6-8-17)21(28)24-13-14-25-22(29)20-4-3-15-32-20/h3-12,15H,2,13-14H2,1H3,(H,24,28)(H,25,29)(H2,26,27,30). The van der Waals surface area contributed by atoms with Crippen LogP contribution in [0, 0.1) is 0 Å². The second-order valence-corrected chi connectivity index (χ2v) is 6.60. The number of furan rings is 1. The maximum absolute atomic E-state index is 12.2. The number of nitrogens with one attached hydrogen (secondary N) is 4. The van der Waals surface area contributed by atoms with Crippen molar-refractivity contribution in [3.05, 3.63) is 78.3 Å². The molecule has 0 saturated carbocycles. The molecule has 9 heteroatoms. The maximum atomic E-state index is 12.2. The van der Waals surface area contributed by atoms with Crippen molar-refractivity contribution in [2.24, 2.45) is 0 Å². The van der Waals surface area contributed by atoms with Gasteiger partial charge in [-0.15, -0.1) is 0 Å². The van der Waals surface area contributed by atoms with Gasteiger partial charge in [-0.2, -0.15) is 0 Å². The molecule has 0 atom stereocenters. The Hall–Kier alpha value is -4.27. The number of urea groups is 1. The molecule has 2 aromatic carbocycles. The van der Waals surface area contributed by atoms with Gasteiger partial charge in [0.15, 0.2) is 5.76 Å². The monoisotopic (exact) mass is 436 g/mol. The summed E-state index contributed by atoms with van der Waals surface area (Å²) in [7, 11) is 0. The minimum Gasteiger partial charge on any atom is -0.494 e. The second-order valence-electron chi connectivity index (χ2n) is 6.60. The molecule has 1 aromatic heterocycles. The predicted molar refractivity (Wildman–Crippen MR) is 120 cm³/mol. The molecule has 3 aromatic rings. The Kier molecular flexibility index (Phi) is 7.85. The Morgan fingerprint density at radius 1 is 0.812 bits per heavy atom. The number of amides is 4. The van der Waals surface area contributed by atoms with Crippen molar-refractivity contribution in [1.82, 2.24) is 10.6 Å². The molecule has 3 rings (SSSR count). The first kappa shape index (κ1) is 22.4. The number of carbonyl (C=O) groups excluding carboxylic acids is 3. The number of carbonyl (C=O) groups is 3. The quantitative estimate of drug-likeness (QED) is 0.383. The summed E-state index contributed by atoms with van der Waals surface area (Å²) in [6.07, 6.45) is 1.42. The minimum atomic E-state index is -0.404. The van der Waals surface area contributed by atoms with Crippen LogP contribution in [0.25, 0.3) is 0 Å². The van der Waals surface area contributed by atoms with Crippen LogP contribution in [0.1, 0.15) is 27.8 Å². The molecule has 9 nitrogen and oxygen atoms in total. The van der Waals surface area contributed by atoms with Gasteiger partial charge in [-0.1, -0.05) is 0 Å². The largest absolute Gasteiger partial charge is 0.494 e. The van der Waals surface area contributed by atoms with Gasteiger partial charge in [-0.05, 0) is 67.6 Å². The molecular weight excluding hydrogens is 412 g/mol. The first-order valence-corrected chi connectivity index (χ1v) is 10.1. The zero-order valence-electron chi connectivity index (χ0n) is 17.5. The van der Waals surface area contributed by atoms with Crippen molar-refractivity contribution in [2.75, 3.05) is 30.3 Å². The summed E-state index contributed by atoms with van der Waals surface area (Å²) in [5.41, 5.74) is 1.59. The molecule has 0 bridgehead atoms. The number of hydrogen-bond acceptors (Lipinski definition) is 5. The molecule has 4 amide bonds. The molecule has 0 fully saturated rings. The van der Waals surface area contributed by atoms with Crippen molar-refractivity contribution < 1.29 is 23.5 Å². The Bertz CT molecular complexity index is 1030. The van der Waals surface area contributed by atoms with Crippen molar-refractivity contribution in [3.8, 4) is 5.75 Å². The molecule has 0 aliphatic rings. The van der Waals surface area contributed by atoms with E-state index in [-0.39, 0.29) is 30.7 Å². The highest BCUT2D eigenvalue weighted by Crippen LogP contribution is 2.16. The fraction of sp³-hybridized carbons (Fsp3) is 0.174. The van der Waals surface area contributed by atoms with Crippen LogP contribution in [-0.2, 0) is 0 Å². The lowest BCUT2D eigenvalue weighted by molar-refractivity contribution is 0.0910. The van der Waals surface area contributed by atoms with Crippen molar-refractivity contribution in [2.45, 2.75) is 6.92 Å². The third-order valence-corrected chi connectivity index (χ3v) is 4.27. The van der Waals surface area contributed by atoms with Crippen LogP contribution in [-0.4, -0.2) is 37.5 Å². The van der Waals surface area contributed by atoms with Gasteiger partial charge in [0.25, 0.3) is 11.8 Å². The fourth-order valence-corrected chi connectivity index (χ4v) is 2.75. The summed E-state index contributed by atoms with van der Waals surface area (Å²) >= 11 is 0. The van der Waals surface area contributed by atoms with Crippen LogP contribution in [0.2, 0.25) is 0 Å². The Balaban J connectivity index is 1.41. The molecule has 0 aliphatic heterocycles. The molecule has 0 spiro atoms. The van der Waals surface area contributed by atoms with Gasteiger partial charge in [-0.3, -0.25) is 9.59 Å². The van der Waals surface area contributed by atoms with Gasteiger partial charge in [-0.25, -0.2) is 4.79 Å². The Labute approximate surface area is 185 Å². The number of anilines is 2. The fourth-order valence-electron chi connectivity index (χ4n) is 2.75. The highest BCUT2D eigenvalue weighted by atomic mass is 16.5. The average molecular weight is 436 g/mol. The SMILES string of the molecule is CCOc1ccc(NC(=O)Nc2ccc(C(=O)NCCNC(=O)c3ccco3)cc2)cc1. The van der Waals surface area contributed by atoms with E-state index in [0.29, 0.717) is 23.5 Å². The second kappa shape index (κ2) is 11.2. The maximum Gasteiger partial charge on any atom is 0.323 e. The van der Waals surface area contributed by atoms with Gasteiger partial charge in [0.05, 0.1) is 12.9 Å². The topological polar surface area (TPSA) is 122 Å². The zero-order valence-corrected chi connectivity index (χ0v) is 17.5.